The van der Waals surface area contributed by atoms with Crippen LogP contribution in [-0.4, -0.2) is 32.3 Å². The van der Waals surface area contributed by atoms with Crippen LogP contribution in [0.1, 0.15) is 48.1 Å². The molecular formula is C24H30F3N3O2. The molecule has 0 saturated carbocycles. The highest BCUT2D eigenvalue weighted by Crippen LogP contribution is 2.30. The van der Waals surface area contributed by atoms with Crippen LogP contribution in [0.3, 0.4) is 0 Å². The predicted octanol–water partition coefficient (Wildman–Crippen LogP) is 4.83. The molecule has 1 heterocycles. The summed E-state index contributed by atoms with van der Waals surface area (Å²) >= 11 is 0. The number of ether oxygens (including phenoxy) is 2. The van der Waals surface area contributed by atoms with E-state index in [1.807, 2.05) is 18.2 Å². The molecule has 8 heteroatoms. The lowest BCUT2D eigenvalue weighted by Crippen LogP contribution is -2.38. The van der Waals surface area contributed by atoms with Gasteiger partial charge in [0.1, 0.15) is 0 Å². The fraction of sp³-hybridized carbons (Fsp3) is 0.458. The van der Waals surface area contributed by atoms with Crippen LogP contribution in [0.4, 0.5) is 13.2 Å². The Balaban J connectivity index is 1.53. The van der Waals surface area contributed by atoms with Gasteiger partial charge in [-0.3, -0.25) is 4.99 Å². The average Bonchev–Trinajstić information content (AvgIpc) is 2.80. The molecule has 0 radical (unpaired) electrons. The topological polar surface area (TPSA) is 54.9 Å². The molecular weight excluding hydrogens is 419 g/mol. The number of nitrogens with one attached hydrogen (secondary N) is 2. The van der Waals surface area contributed by atoms with E-state index in [4.69, 9.17) is 9.47 Å². The van der Waals surface area contributed by atoms with Crippen molar-refractivity contribution in [2.45, 2.75) is 51.2 Å². The Morgan fingerprint density at radius 2 is 1.84 bits per heavy atom. The number of benzene rings is 2. The number of guanidine groups is 1. The monoisotopic (exact) mass is 449 g/mol. The molecule has 1 atom stereocenters. The summed E-state index contributed by atoms with van der Waals surface area (Å²) in [5.41, 5.74) is 2.03. The van der Waals surface area contributed by atoms with Gasteiger partial charge in [-0.2, -0.15) is 13.2 Å². The fourth-order valence-corrected chi connectivity index (χ4v) is 3.54. The molecule has 174 valence electrons. The summed E-state index contributed by atoms with van der Waals surface area (Å²) in [6, 6.07) is 13.1. The zero-order chi connectivity index (χ0) is 23.0. The summed E-state index contributed by atoms with van der Waals surface area (Å²) in [7, 11) is 1.63. The molecule has 1 aliphatic rings. The van der Waals surface area contributed by atoms with Crippen LogP contribution in [0.5, 0.6) is 0 Å². The Hall–Kier alpha value is -2.58. The van der Waals surface area contributed by atoms with Crippen molar-refractivity contribution in [1.82, 2.24) is 10.6 Å². The molecule has 2 aromatic rings. The van der Waals surface area contributed by atoms with Crippen molar-refractivity contribution in [2.24, 2.45) is 4.99 Å². The maximum Gasteiger partial charge on any atom is 0.416 e. The molecule has 1 saturated heterocycles. The number of alkyl halides is 3. The minimum atomic E-state index is -4.37. The molecule has 0 bridgehead atoms. The molecule has 0 aromatic heterocycles. The molecule has 5 nitrogen and oxygen atoms in total. The summed E-state index contributed by atoms with van der Waals surface area (Å²) in [5, 5.41) is 6.37. The SMILES string of the molecule is CN=C(NCc1cccc(COC2CCOCC2)c1)NC(C)c1cccc(C(F)(F)F)c1. The molecule has 3 rings (SSSR count). The van der Waals surface area contributed by atoms with Gasteiger partial charge in [0, 0.05) is 26.8 Å². The summed E-state index contributed by atoms with van der Waals surface area (Å²) in [6.07, 6.45) is -2.28. The highest BCUT2D eigenvalue weighted by atomic mass is 19.4. The Morgan fingerprint density at radius 3 is 2.56 bits per heavy atom. The van der Waals surface area contributed by atoms with E-state index in [1.54, 1.807) is 20.0 Å². The van der Waals surface area contributed by atoms with Gasteiger partial charge in [0.2, 0.25) is 0 Å². The van der Waals surface area contributed by atoms with E-state index in [9.17, 15) is 13.2 Å². The zero-order valence-corrected chi connectivity index (χ0v) is 18.4. The van der Waals surface area contributed by atoms with E-state index >= 15 is 0 Å². The molecule has 32 heavy (non-hydrogen) atoms. The fourth-order valence-electron chi connectivity index (χ4n) is 3.54. The summed E-state index contributed by atoms with van der Waals surface area (Å²) in [6.45, 7) is 4.38. The van der Waals surface area contributed by atoms with Crippen LogP contribution in [0, 0.1) is 0 Å². The van der Waals surface area contributed by atoms with E-state index in [0.29, 0.717) is 24.7 Å². The first-order chi connectivity index (χ1) is 15.3. The molecule has 2 N–H and O–H groups in total. The van der Waals surface area contributed by atoms with Gasteiger partial charge >= 0.3 is 6.18 Å². The van der Waals surface area contributed by atoms with Crippen LogP contribution in [0.15, 0.2) is 53.5 Å². The minimum Gasteiger partial charge on any atom is -0.381 e. The lowest BCUT2D eigenvalue weighted by Gasteiger charge is -2.22. The first-order valence-corrected chi connectivity index (χ1v) is 10.8. The maximum atomic E-state index is 13.0. The van der Waals surface area contributed by atoms with Crippen LogP contribution in [0.25, 0.3) is 0 Å². The van der Waals surface area contributed by atoms with E-state index < -0.39 is 11.7 Å². The quantitative estimate of drug-likeness (QED) is 0.470. The van der Waals surface area contributed by atoms with E-state index in [2.05, 4.69) is 21.7 Å². The van der Waals surface area contributed by atoms with Crippen molar-refractivity contribution in [3.8, 4) is 0 Å². The van der Waals surface area contributed by atoms with Crippen molar-refractivity contribution < 1.29 is 22.6 Å². The second-order valence-corrected chi connectivity index (χ2v) is 7.86. The largest absolute Gasteiger partial charge is 0.416 e. The second-order valence-electron chi connectivity index (χ2n) is 7.86. The molecule has 1 fully saturated rings. The van der Waals surface area contributed by atoms with Gasteiger partial charge in [-0.05, 0) is 48.6 Å². The number of aliphatic imine (C=N–C) groups is 1. The van der Waals surface area contributed by atoms with Crippen LogP contribution in [-0.2, 0) is 28.8 Å². The van der Waals surface area contributed by atoms with Gasteiger partial charge in [-0.25, -0.2) is 0 Å². The van der Waals surface area contributed by atoms with Gasteiger partial charge in [0.05, 0.1) is 24.3 Å². The van der Waals surface area contributed by atoms with Gasteiger partial charge in [-0.15, -0.1) is 0 Å². The highest BCUT2D eigenvalue weighted by molar-refractivity contribution is 5.80. The summed E-state index contributed by atoms with van der Waals surface area (Å²) in [5.74, 6) is 0.513. The standard InChI is InChI=1S/C24H30F3N3O2/c1-17(20-7-4-8-21(14-20)24(25,26)27)30-23(28-2)29-15-18-5-3-6-19(13-18)16-32-22-9-11-31-12-10-22/h3-8,13-14,17,22H,9-12,15-16H2,1-2H3,(H2,28,29,30). The smallest absolute Gasteiger partial charge is 0.381 e. The van der Waals surface area contributed by atoms with Gasteiger partial charge < -0.3 is 20.1 Å². The predicted molar refractivity (Wildman–Crippen MR) is 118 cm³/mol. The zero-order valence-electron chi connectivity index (χ0n) is 18.4. The normalized spacial score (nSPS) is 16.6. The van der Waals surface area contributed by atoms with E-state index in [-0.39, 0.29) is 12.1 Å². The minimum absolute atomic E-state index is 0.242. The van der Waals surface area contributed by atoms with Crippen LogP contribution < -0.4 is 10.6 Å². The first-order valence-electron chi connectivity index (χ1n) is 10.8. The van der Waals surface area contributed by atoms with Crippen LogP contribution in [0.2, 0.25) is 0 Å². The molecule has 0 spiro atoms. The average molecular weight is 450 g/mol. The van der Waals surface area contributed by atoms with Crippen molar-refractivity contribution in [2.75, 3.05) is 20.3 Å². The third-order valence-electron chi connectivity index (χ3n) is 5.40. The summed E-state index contributed by atoms with van der Waals surface area (Å²) < 4.78 is 50.3. The molecule has 0 amide bonds. The Labute approximate surface area is 187 Å². The molecule has 2 aromatic carbocycles. The Morgan fingerprint density at radius 1 is 1.12 bits per heavy atom. The van der Waals surface area contributed by atoms with Gasteiger partial charge in [0.25, 0.3) is 0 Å². The Bertz CT molecular complexity index is 896. The van der Waals surface area contributed by atoms with Gasteiger partial charge in [-0.1, -0.05) is 36.4 Å². The number of rotatable bonds is 7. The third-order valence-corrected chi connectivity index (χ3v) is 5.40. The maximum absolute atomic E-state index is 13.0. The van der Waals surface area contributed by atoms with Crippen molar-refractivity contribution in [3.63, 3.8) is 0 Å². The molecule has 1 aliphatic heterocycles. The second kappa shape index (κ2) is 11.3. The highest BCUT2D eigenvalue weighted by Gasteiger charge is 2.30. The van der Waals surface area contributed by atoms with Crippen LogP contribution >= 0.6 is 0 Å². The number of nitrogens with zero attached hydrogens (tertiary/aromatic N) is 1. The lowest BCUT2D eigenvalue weighted by molar-refractivity contribution is -0.137. The van der Waals surface area contributed by atoms with E-state index in [0.717, 1.165) is 49.3 Å². The first kappa shape index (κ1) is 24.1. The number of hydrogen-bond donors (Lipinski definition) is 2. The van der Waals surface area contributed by atoms with Gasteiger partial charge in [0.15, 0.2) is 5.96 Å². The lowest BCUT2D eigenvalue weighted by atomic mass is 10.1. The number of halogens is 3. The third kappa shape index (κ3) is 7.24. The van der Waals surface area contributed by atoms with Crippen molar-refractivity contribution in [1.29, 1.82) is 0 Å². The molecule has 1 unspecified atom stereocenters. The van der Waals surface area contributed by atoms with E-state index in [1.165, 1.54) is 6.07 Å². The summed E-state index contributed by atoms with van der Waals surface area (Å²) in [4.78, 5) is 4.20. The Kier molecular flexibility index (Phi) is 8.53. The van der Waals surface area contributed by atoms with Crippen molar-refractivity contribution in [3.05, 3.63) is 70.8 Å². The van der Waals surface area contributed by atoms with Crippen molar-refractivity contribution >= 4 is 5.96 Å². The number of hydrogen-bond acceptors (Lipinski definition) is 3. The molecule has 0 aliphatic carbocycles.